The molecule has 1 aliphatic rings. The number of aromatic amines is 1. The second-order valence-electron chi connectivity index (χ2n) is 4.62. The Kier molecular flexibility index (Phi) is 4.73. The Morgan fingerprint density at radius 3 is 2.89 bits per heavy atom. The Morgan fingerprint density at radius 2 is 2.22 bits per heavy atom. The number of imidazole rings is 1. The fourth-order valence-corrected chi connectivity index (χ4v) is 2.77. The van der Waals surface area contributed by atoms with Crippen molar-refractivity contribution in [3.05, 3.63) is 18.2 Å². The van der Waals surface area contributed by atoms with E-state index in [0.29, 0.717) is 25.4 Å². The Labute approximate surface area is 108 Å². The number of hydrogen-bond acceptors (Lipinski definition) is 4. The topological polar surface area (TPSA) is 86.9 Å². The zero-order valence-corrected chi connectivity index (χ0v) is 11.2. The molecule has 18 heavy (non-hydrogen) atoms. The lowest BCUT2D eigenvalue weighted by Crippen LogP contribution is -2.30. The van der Waals surface area contributed by atoms with Gasteiger partial charge in [-0.05, 0) is 25.8 Å². The maximum Gasteiger partial charge on any atom is 0.211 e. The number of sulfonamides is 1. The highest BCUT2D eigenvalue weighted by atomic mass is 32.2. The molecule has 1 heterocycles. The molecule has 1 saturated carbocycles. The molecule has 3 N–H and O–H groups in total. The molecule has 0 aliphatic heterocycles. The first-order chi connectivity index (χ1) is 8.66. The van der Waals surface area contributed by atoms with Crippen LogP contribution in [0.5, 0.6) is 0 Å². The van der Waals surface area contributed by atoms with Crippen LogP contribution in [0.4, 0.5) is 0 Å². The fourth-order valence-electron chi connectivity index (χ4n) is 1.69. The van der Waals surface area contributed by atoms with Gasteiger partial charge in [0.15, 0.2) is 0 Å². The summed E-state index contributed by atoms with van der Waals surface area (Å²) in [6.07, 6.45) is 7.06. The molecule has 102 valence electrons. The van der Waals surface area contributed by atoms with E-state index >= 15 is 0 Å². The van der Waals surface area contributed by atoms with Gasteiger partial charge < -0.3 is 10.3 Å². The predicted molar refractivity (Wildman–Crippen MR) is 69.7 cm³/mol. The van der Waals surface area contributed by atoms with Gasteiger partial charge in [-0.2, -0.15) is 0 Å². The fraction of sp³-hybridized carbons (Fsp3) is 0.727. The molecule has 0 unspecified atom stereocenters. The summed E-state index contributed by atoms with van der Waals surface area (Å²) < 4.78 is 25.9. The standard InChI is InChI=1S/C11H20N4O2S/c16-18(17,7-1-5-13-10-2-3-10)15-6-4-11-8-12-9-14-11/h8-10,13,15H,1-7H2,(H,12,14). The quantitative estimate of drug-likeness (QED) is 0.553. The van der Waals surface area contributed by atoms with Crippen LogP contribution in [0.3, 0.4) is 0 Å². The number of rotatable bonds is 9. The van der Waals surface area contributed by atoms with E-state index in [4.69, 9.17) is 0 Å². The molecule has 1 aliphatic carbocycles. The molecule has 7 heteroatoms. The highest BCUT2D eigenvalue weighted by molar-refractivity contribution is 7.89. The largest absolute Gasteiger partial charge is 0.348 e. The Bertz CT molecular complexity index is 440. The molecule has 0 atom stereocenters. The number of aromatic nitrogens is 2. The van der Waals surface area contributed by atoms with Crippen LogP contribution < -0.4 is 10.0 Å². The Hall–Kier alpha value is -0.920. The average Bonchev–Trinajstić information content (AvgIpc) is 3.01. The Morgan fingerprint density at radius 1 is 1.39 bits per heavy atom. The molecule has 2 rings (SSSR count). The normalized spacial score (nSPS) is 16.0. The van der Waals surface area contributed by atoms with Crippen molar-refractivity contribution < 1.29 is 8.42 Å². The minimum atomic E-state index is -3.14. The van der Waals surface area contributed by atoms with Crippen LogP contribution in [0.15, 0.2) is 12.5 Å². The molecule has 1 aromatic rings. The van der Waals surface area contributed by atoms with Gasteiger partial charge in [0.25, 0.3) is 0 Å². The van der Waals surface area contributed by atoms with Gasteiger partial charge in [0.1, 0.15) is 0 Å². The molecular weight excluding hydrogens is 252 g/mol. The molecule has 0 aromatic carbocycles. The van der Waals surface area contributed by atoms with E-state index in [9.17, 15) is 8.42 Å². The highest BCUT2D eigenvalue weighted by Crippen LogP contribution is 2.18. The van der Waals surface area contributed by atoms with Crippen molar-refractivity contribution in [2.45, 2.75) is 31.7 Å². The first-order valence-corrected chi connectivity index (χ1v) is 7.99. The van der Waals surface area contributed by atoms with Crippen LogP contribution in [-0.2, 0) is 16.4 Å². The predicted octanol–water partition coefficient (Wildman–Crippen LogP) is 0.0137. The van der Waals surface area contributed by atoms with E-state index < -0.39 is 10.0 Å². The average molecular weight is 272 g/mol. The second-order valence-corrected chi connectivity index (χ2v) is 6.55. The van der Waals surface area contributed by atoms with Gasteiger partial charge in [-0.25, -0.2) is 18.1 Å². The number of H-pyrrole nitrogens is 1. The van der Waals surface area contributed by atoms with E-state index in [1.54, 1.807) is 12.5 Å². The van der Waals surface area contributed by atoms with E-state index in [-0.39, 0.29) is 5.75 Å². The summed E-state index contributed by atoms with van der Waals surface area (Å²) in [6, 6.07) is 0.640. The summed E-state index contributed by atoms with van der Waals surface area (Å²) >= 11 is 0. The minimum Gasteiger partial charge on any atom is -0.348 e. The van der Waals surface area contributed by atoms with Crippen molar-refractivity contribution in [3.8, 4) is 0 Å². The van der Waals surface area contributed by atoms with Crippen LogP contribution in [-0.4, -0.2) is 43.3 Å². The second kappa shape index (κ2) is 6.31. The van der Waals surface area contributed by atoms with Crippen LogP contribution >= 0.6 is 0 Å². The van der Waals surface area contributed by atoms with Crippen molar-refractivity contribution in [3.63, 3.8) is 0 Å². The minimum absolute atomic E-state index is 0.190. The first kappa shape index (κ1) is 13.5. The van der Waals surface area contributed by atoms with Crippen molar-refractivity contribution in [1.29, 1.82) is 0 Å². The molecular formula is C11H20N4O2S. The maximum absolute atomic E-state index is 11.7. The summed E-state index contributed by atoms with van der Waals surface area (Å²) in [4.78, 5) is 6.82. The third-order valence-electron chi connectivity index (χ3n) is 2.87. The number of nitrogens with zero attached hydrogens (tertiary/aromatic N) is 1. The summed E-state index contributed by atoms with van der Waals surface area (Å²) in [7, 11) is -3.14. The number of nitrogens with one attached hydrogen (secondary N) is 3. The first-order valence-electron chi connectivity index (χ1n) is 6.34. The lowest BCUT2D eigenvalue weighted by molar-refractivity contribution is 0.574. The molecule has 6 nitrogen and oxygen atoms in total. The Balaban J connectivity index is 1.57. The van der Waals surface area contributed by atoms with Crippen molar-refractivity contribution in [2.75, 3.05) is 18.8 Å². The van der Waals surface area contributed by atoms with Gasteiger partial charge >= 0.3 is 0 Å². The van der Waals surface area contributed by atoms with Crippen LogP contribution in [0.1, 0.15) is 25.0 Å². The van der Waals surface area contributed by atoms with Gasteiger partial charge in [-0.3, -0.25) is 0 Å². The zero-order chi connectivity index (χ0) is 12.8. The van der Waals surface area contributed by atoms with Crippen molar-refractivity contribution >= 4 is 10.0 Å². The lowest BCUT2D eigenvalue weighted by Gasteiger charge is -2.06. The molecule has 1 aromatic heterocycles. The lowest BCUT2D eigenvalue weighted by atomic mass is 10.3. The van der Waals surface area contributed by atoms with Crippen LogP contribution in [0.25, 0.3) is 0 Å². The molecule has 0 spiro atoms. The van der Waals surface area contributed by atoms with E-state index in [0.717, 1.165) is 12.2 Å². The SMILES string of the molecule is O=S(=O)(CCCNC1CC1)NCCc1cnc[nH]1. The highest BCUT2D eigenvalue weighted by Gasteiger charge is 2.20. The summed E-state index contributed by atoms with van der Waals surface area (Å²) in [5, 5.41) is 3.30. The third-order valence-corrected chi connectivity index (χ3v) is 4.34. The van der Waals surface area contributed by atoms with E-state index in [1.807, 2.05) is 0 Å². The van der Waals surface area contributed by atoms with Crippen LogP contribution in [0, 0.1) is 0 Å². The molecule has 0 saturated heterocycles. The molecule has 0 amide bonds. The van der Waals surface area contributed by atoms with Crippen molar-refractivity contribution in [2.24, 2.45) is 0 Å². The zero-order valence-electron chi connectivity index (χ0n) is 10.4. The van der Waals surface area contributed by atoms with Gasteiger partial charge in [0, 0.05) is 30.9 Å². The van der Waals surface area contributed by atoms with Gasteiger partial charge in [-0.15, -0.1) is 0 Å². The molecule has 0 radical (unpaired) electrons. The van der Waals surface area contributed by atoms with Gasteiger partial charge in [0.2, 0.25) is 10.0 Å². The monoisotopic (exact) mass is 272 g/mol. The summed E-state index contributed by atoms with van der Waals surface area (Å²) in [5.41, 5.74) is 0.938. The summed E-state index contributed by atoms with van der Waals surface area (Å²) in [6.45, 7) is 1.20. The number of hydrogen-bond donors (Lipinski definition) is 3. The maximum atomic E-state index is 11.7. The summed E-state index contributed by atoms with van der Waals surface area (Å²) in [5.74, 6) is 0.190. The third kappa shape index (κ3) is 5.16. The van der Waals surface area contributed by atoms with Gasteiger partial charge in [-0.1, -0.05) is 0 Å². The molecule has 0 bridgehead atoms. The van der Waals surface area contributed by atoms with E-state index in [1.165, 1.54) is 12.8 Å². The van der Waals surface area contributed by atoms with Crippen molar-refractivity contribution in [1.82, 2.24) is 20.0 Å². The smallest absolute Gasteiger partial charge is 0.211 e. The molecule has 1 fully saturated rings. The van der Waals surface area contributed by atoms with Gasteiger partial charge in [0.05, 0.1) is 12.1 Å². The van der Waals surface area contributed by atoms with E-state index in [2.05, 4.69) is 20.0 Å². The van der Waals surface area contributed by atoms with Crippen LogP contribution in [0.2, 0.25) is 0 Å².